The Labute approximate surface area is 154 Å². The molecule has 5 nitrogen and oxygen atoms in total. The molecule has 0 bridgehead atoms. The molecule has 2 aromatic carbocycles. The van der Waals surface area contributed by atoms with E-state index < -0.39 is 6.04 Å². The smallest absolute Gasteiger partial charge is 0.251 e. The lowest BCUT2D eigenvalue weighted by Crippen LogP contribution is -2.37. The number of aryl methyl sites for hydroxylation is 1. The first-order valence-electron chi connectivity index (χ1n) is 7.91. The van der Waals surface area contributed by atoms with Crippen LogP contribution in [-0.4, -0.2) is 17.9 Å². The Morgan fingerprint density at radius 1 is 1.00 bits per heavy atom. The third kappa shape index (κ3) is 6.57. The Morgan fingerprint density at radius 3 is 2.28 bits per heavy atom. The average Bonchev–Trinajstić information content (AvgIpc) is 2.59. The highest BCUT2D eigenvalue weighted by Gasteiger charge is 2.09. The minimum atomic E-state index is -0.550. The molecule has 0 saturated carbocycles. The molecule has 0 spiro atoms. The number of hydrogen-bond donors (Lipinski definition) is 3. The van der Waals surface area contributed by atoms with Crippen molar-refractivity contribution in [1.29, 1.82) is 0 Å². The second-order valence-electron chi connectivity index (χ2n) is 5.88. The molecule has 0 aromatic heterocycles. The zero-order valence-corrected chi connectivity index (χ0v) is 15.2. The zero-order valence-electron chi connectivity index (χ0n) is 14.4. The number of nitrogens with one attached hydrogen (secondary N) is 2. The molecule has 2 amide bonds. The van der Waals surface area contributed by atoms with Gasteiger partial charge in [0.15, 0.2) is 0 Å². The molecule has 0 unspecified atom stereocenters. The number of nitrogens with two attached hydrogens (primary N) is 1. The van der Waals surface area contributed by atoms with Gasteiger partial charge in [-0.2, -0.15) is 0 Å². The molecule has 0 aliphatic heterocycles. The Balaban J connectivity index is 0.00000312. The van der Waals surface area contributed by atoms with Crippen LogP contribution in [0.5, 0.6) is 0 Å². The molecular weight excluding hydrogens is 338 g/mol. The average molecular weight is 362 g/mol. The summed E-state index contributed by atoms with van der Waals surface area (Å²) in [6.45, 7) is 4.48. The Bertz CT molecular complexity index is 715. The molecule has 0 saturated heterocycles. The van der Waals surface area contributed by atoms with Crippen LogP contribution in [-0.2, 0) is 17.9 Å². The molecule has 4 N–H and O–H groups in total. The standard InChI is InChI=1S/C19H23N3O2.ClH/c1-13-6-8-15(9-7-13)11-22-19(24)17-5-3-4-16(10-17)12-21-18(23)14(2)20;/h3-10,14H,11-12,20H2,1-2H3,(H,21,23)(H,22,24);1H/t14-;/m1./s1. The first kappa shape index (κ1) is 20.7. The predicted octanol–water partition coefficient (Wildman–Crippen LogP) is 2.31. The van der Waals surface area contributed by atoms with E-state index in [1.165, 1.54) is 5.56 Å². The van der Waals surface area contributed by atoms with Gasteiger partial charge in [0.05, 0.1) is 6.04 Å². The van der Waals surface area contributed by atoms with Crippen molar-refractivity contribution < 1.29 is 9.59 Å². The van der Waals surface area contributed by atoms with Crippen LogP contribution in [0.15, 0.2) is 48.5 Å². The molecule has 0 radical (unpaired) electrons. The number of rotatable bonds is 6. The normalized spacial score (nSPS) is 11.2. The number of halogens is 1. The van der Waals surface area contributed by atoms with Crippen LogP contribution in [0.4, 0.5) is 0 Å². The van der Waals surface area contributed by atoms with Crippen LogP contribution in [0.2, 0.25) is 0 Å². The number of carbonyl (C=O) groups excluding carboxylic acids is 2. The predicted molar refractivity (Wildman–Crippen MR) is 102 cm³/mol. The SMILES string of the molecule is Cc1ccc(CNC(=O)c2cccc(CNC(=O)[C@@H](C)N)c2)cc1.Cl. The van der Waals surface area contributed by atoms with Gasteiger partial charge in [0.25, 0.3) is 5.91 Å². The summed E-state index contributed by atoms with van der Waals surface area (Å²) in [6.07, 6.45) is 0. The summed E-state index contributed by atoms with van der Waals surface area (Å²) in [5.74, 6) is -0.361. The summed E-state index contributed by atoms with van der Waals surface area (Å²) in [5.41, 5.74) is 9.16. The molecule has 134 valence electrons. The summed E-state index contributed by atoms with van der Waals surface area (Å²) in [4.78, 5) is 23.8. The van der Waals surface area contributed by atoms with Crippen LogP contribution in [0, 0.1) is 6.92 Å². The molecule has 0 aliphatic carbocycles. The number of hydrogen-bond acceptors (Lipinski definition) is 3. The fourth-order valence-corrected chi connectivity index (χ4v) is 2.16. The molecule has 2 aromatic rings. The van der Waals surface area contributed by atoms with Gasteiger partial charge in [-0.25, -0.2) is 0 Å². The maximum Gasteiger partial charge on any atom is 0.251 e. The topological polar surface area (TPSA) is 84.2 Å². The van der Waals surface area contributed by atoms with Crippen molar-refractivity contribution in [3.63, 3.8) is 0 Å². The lowest BCUT2D eigenvalue weighted by molar-refractivity contribution is -0.122. The lowest BCUT2D eigenvalue weighted by Gasteiger charge is -2.10. The number of benzene rings is 2. The summed E-state index contributed by atoms with van der Waals surface area (Å²) in [5, 5.41) is 5.63. The Hall–Kier alpha value is -2.37. The van der Waals surface area contributed by atoms with Gasteiger partial charge in [0.1, 0.15) is 0 Å². The van der Waals surface area contributed by atoms with Gasteiger partial charge in [-0.15, -0.1) is 12.4 Å². The number of carbonyl (C=O) groups is 2. The fourth-order valence-electron chi connectivity index (χ4n) is 2.16. The van der Waals surface area contributed by atoms with Gasteiger partial charge < -0.3 is 16.4 Å². The first-order chi connectivity index (χ1) is 11.5. The van der Waals surface area contributed by atoms with Crippen LogP contribution in [0.1, 0.15) is 34.0 Å². The van der Waals surface area contributed by atoms with E-state index in [4.69, 9.17) is 5.73 Å². The maximum absolute atomic E-state index is 12.3. The zero-order chi connectivity index (χ0) is 17.5. The van der Waals surface area contributed by atoms with Gasteiger partial charge in [-0.3, -0.25) is 9.59 Å². The monoisotopic (exact) mass is 361 g/mol. The molecule has 6 heteroatoms. The highest BCUT2D eigenvalue weighted by molar-refractivity contribution is 5.94. The molecule has 0 fully saturated rings. The second kappa shape index (κ2) is 9.81. The quantitative estimate of drug-likeness (QED) is 0.738. The van der Waals surface area contributed by atoms with Crippen molar-refractivity contribution in [2.45, 2.75) is 33.0 Å². The summed E-state index contributed by atoms with van der Waals surface area (Å²) in [7, 11) is 0. The summed E-state index contributed by atoms with van der Waals surface area (Å²) < 4.78 is 0. The van der Waals surface area contributed by atoms with Gasteiger partial charge >= 0.3 is 0 Å². The molecule has 25 heavy (non-hydrogen) atoms. The minimum Gasteiger partial charge on any atom is -0.351 e. The third-order valence-corrected chi connectivity index (χ3v) is 3.64. The number of amides is 2. The second-order valence-corrected chi connectivity index (χ2v) is 5.88. The van der Waals surface area contributed by atoms with E-state index in [2.05, 4.69) is 10.6 Å². The minimum absolute atomic E-state index is 0. The van der Waals surface area contributed by atoms with Crippen LogP contribution >= 0.6 is 12.4 Å². The van der Waals surface area contributed by atoms with Crippen LogP contribution in [0.25, 0.3) is 0 Å². The van der Waals surface area contributed by atoms with Crippen molar-refractivity contribution in [1.82, 2.24) is 10.6 Å². The van der Waals surface area contributed by atoms with Crippen LogP contribution in [0.3, 0.4) is 0 Å². The van der Waals surface area contributed by atoms with E-state index in [9.17, 15) is 9.59 Å². The maximum atomic E-state index is 12.3. The van der Waals surface area contributed by atoms with E-state index in [0.29, 0.717) is 18.7 Å². The van der Waals surface area contributed by atoms with E-state index in [1.54, 1.807) is 25.1 Å². The Morgan fingerprint density at radius 2 is 1.64 bits per heavy atom. The van der Waals surface area contributed by atoms with Crippen LogP contribution < -0.4 is 16.4 Å². The van der Waals surface area contributed by atoms with E-state index >= 15 is 0 Å². The van der Waals surface area contributed by atoms with E-state index in [0.717, 1.165) is 11.1 Å². The van der Waals surface area contributed by atoms with Gasteiger partial charge in [0, 0.05) is 18.7 Å². The van der Waals surface area contributed by atoms with E-state index in [-0.39, 0.29) is 24.2 Å². The van der Waals surface area contributed by atoms with Gasteiger partial charge in [0.2, 0.25) is 5.91 Å². The highest BCUT2D eigenvalue weighted by atomic mass is 35.5. The molecule has 2 rings (SSSR count). The Kier molecular flexibility index (Phi) is 8.11. The van der Waals surface area contributed by atoms with Crippen molar-refractivity contribution >= 4 is 24.2 Å². The van der Waals surface area contributed by atoms with Crippen molar-refractivity contribution in [2.75, 3.05) is 0 Å². The molecular formula is C19H24ClN3O2. The van der Waals surface area contributed by atoms with Crippen molar-refractivity contribution in [2.24, 2.45) is 5.73 Å². The van der Waals surface area contributed by atoms with E-state index in [1.807, 2.05) is 37.3 Å². The first-order valence-corrected chi connectivity index (χ1v) is 7.91. The third-order valence-electron chi connectivity index (χ3n) is 3.64. The fraction of sp³-hybridized carbons (Fsp3) is 0.263. The van der Waals surface area contributed by atoms with Crippen molar-refractivity contribution in [3.05, 3.63) is 70.8 Å². The summed E-state index contributed by atoms with van der Waals surface area (Å²) >= 11 is 0. The van der Waals surface area contributed by atoms with Crippen molar-refractivity contribution in [3.8, 4) is 0 Å². The van der Waals surface area contributed by atoms with Gasteiger partial charge in [-0.1, -0.05) is 42.0 Å². The highest BCUT2D eigenvalue weighted by Crippen LogP contribution is 2.07. The molecule has 0 heterocycles. The lowest BCUT2D eigenvalue weighted by atomic mass is 10.1. The largest absolute Gasteiger partial charge is 0.351 e. The summed E-state index contributed by atoms with van der Waals surface area (Å²) in [6, 6.07) is 14.7. The molecule has 0 aliphatic rings. The molecule has 1 atom stereocenters. The van der Waals surface area contributed by atoms with Gasteiger partial charge in [-0.05, 0) is 37.1 Å².